The maximum absolute atomic E-state index is 12.5. The highest BCUT2D eigenvalue weighted by atomic mass is 16.5. The van der Waals surface area contributed by atoms with Crippen molar-refractivity contribution < 1.29 is 9.53 Å². The average molecular weight is 361 g/mol. The molecule has 3 rings (SSSR count). The van der Waals surface area contributed by atoms with Crippen LogP contribution in [-0.2, 0) is 9.53 Å². The van der Waals surface area contributed by atoms with Gasteiger partial charge in [-0.05, 0) is 23.3 Å². The highest BCUT2D eigenvalue weighted by Crippen LogP contribution is 2.16. The largest absolute Gasteiger partial charge is 0.379 e. The number of amides is 1. The summed E-state index contributed by atoms with van der Waals surface area (Å²) in [6, 6.07) is 19.2. The Morgan fingerprint density at radius 1 is 1.15 bits per heavy atom. The number of nitrogens with one attached hydrogen (secondary N) is 1. The van der Waals surface area contributed by atoms with Crippen molar-refractivity contribution in [2.24, 2.45) is 0 Å². The molecule has 1 atom stereocenters. The number of nitriles is 1. The van der Waals surface area contributed by atoms with Gasteiger partial charge in [0.1, 0.15) is 0 Å². The van der Waals surface area contributed by atoms with E-state index in [-0.39, 0.29) is 11.9 Å². The molecule has 1 saturated heterocycles. The molecule has 1 heterocycles. The Hall–Kier alpha value is -2.94. The molecule has 0 aliphatic carbocycles. The molecule has 1 amide bonds. The Balaban J connectivity index is 1.70. The fourth-order valence-corrected chi connectivity index (χ4v) is 3.09. The summed E-state index contributed by atoms with van der Waals surface area (Å²) in [6.45, 7) is 3.91. The van der Waals surface area contributed by atoms with Gasteiger partial charge >= 0.3 is 0 Å². The van der Waals surface area contributed by atoms with Crippen molar-refractivity contribution in [3.8, 4) is 6.07 Å². The van der Waals surface area contributed by atoms with E-state index < -0.39 is 0 Å². The summed E-state index contributed by atoms with van der Waals surface area (Å²) in [6.07, 6.45) is 3.18. The standard InChI is InChI=1S/C22H23N3O2/c23-16-20-9-5-4-6-18(20)10-11-22(26)24-21(19-7-2-1-3-8-19)17-25-12-14-27-15-13-25/h1-11,21H,12-15,17H2,(H,24,26). The van der Waals surface area contributed by atoms with Gasteiger partial charge in [-0.3, -0.25) is 9.69 Å². The topological polar surface area (TPSA) is 65.4 Å². The van der Waals surface area contributed by atoms with Gasteiger partial charge in [-0.25, -0.2) is 0 Å². The van der Waals surface area contributed by atoms with Crippen LogP contribution in [0.1, 0.15) is 22.7 Å². The number of carbonyl (C=O) groups excluding carboxylic acids is 1. The summed E-state index contributed by atoms with van der Waals surface area (Å²) in [5.74, 6) is -0.176. The molecule has 0 saturated carbocycles. The summed E-state index contributed by atoms with van der Waals surface area (Å²) in [7, 11) is 0. The maximum Gasteiger partial charge on any atom is 0.244 e. The molecule has 1 aliphatic heterocycles. The van der Waals surface area contributed by atoms with Crippen LogP contribution in [0.2, 0.25) is 0 Å². The molecule has 5 heteroatoms. The number of hydrogen-bond donors (Lipinski definition) is 1. The molecule has 138 valence electrons. The molecule has 2 aromatic rings. The van der Waals surface area contributed by atoms with Gasteiger partial charge in [-0.15, -0.1) is 0 Å². The minimum atomic E-state index is -0.176. The van der Waals surface area contributed by atoms with Gasteiger partial charge in [-0.2, -0.15) is 5.26 Å². The third-order valence-electron chi connectivity index (χ3n) is 4.56. The van der Waals surface area contributed by atoms with Gasteiger partial charge in [0.25, 0.3) is 0 Å². The van der Waals surface area contributed by atoms with Crippen molar-refractivity contribution in [1.29, 1.82) is 5.26 Å². The van der Waals surface area contributed by atoms with E-state index in [9.17, 15) is 4.79 Å². The summed E-state index contributed by atoms with van der Waals surface area (Å²) >= 11 is 0. The highest BCUT2D eigenvalue weighted by Gasteiger charge is 2.19. The Morgan fingerprint density at radius 2 is 1.85 bits per heavy atom. The lowest BCUT2D eigenvalue weighted by Gasteiger charge is -2.31. The number of hydrogen-bond acceptors (Lipinski definition) is 4. The van der Waals surface area contributed by atoms with Crippen molar-refractivity contribution in [2.45, 2.75) is 6.04 Å². The molecule has 5 nitrogen and oxygen atoms in total. The number of rotatable bonds is 6. The second-order valence-electron chi connectivity index (χ2n) is 6.42. The van der Waals surface area contributed by atoms with Crippen molar-refractivity contribution in [3.05, 3.63) is 77.4 Å². The monoisotopic (exact) mass is 361 g/mol. The number of ether oxygens (including phenoxy) is 1. The third kappa shape index (κ3) is 5.52. The first-order valence-corrected chi connectivity index (χ1v) is 9.09. The molecular weight excluding hydrogens is 338 g/mol. The Labute approximate surface area is 159 Å². The van der Waals surface area contributed by atoms with Gasteiger partial charge in [-0.1, -0.05) is 48.5 Å². The Bertz CT molecular complexity index is 821. The number of benzene rings is 2. The zero-order chi connectivity index (χ0) is 18.9. The van der Waals surface area contributed by atoms with E-state index in [1.165, 1.54) is 6.08 Å². The summed E-state index contributed by atoms with van der Waals surface area (Å²) in [4.78, 5) is 14.8. The summed E-state index contributed by atoms with van der Waals surface area (Å²) in [5, 5.41) is 12.3. The first kappa shape index (κ1) is 18.8. The average Bonchev–Trinajstić information content (AvgIpc) is 2.73. The van der Waals surface area contributed by atoms with Gasteiger partial charge in [0, 0.05) is 25.7 Å². The van der Waals surface area contributed by atoms with Crippen molar-refractivity contribution in [2.75, 3.05) is 32.8 Å². The van der Waals surface area contributed by atoms with Crippen molar-refractivity contribution in [1.82, 2.24) is 10.2 Å². The lowest BCUT2D eigenvalue weighted by Crippen LogP contribution is -2.42. The van der Waals surface area contributed by atoms with Crippen LogP contribution < -0.4 is 5.32 Å². The van der Waals surface area contributed by atoms with E-state index in [0.29, 0.717) is 5.56 Å². The lowest BCUT2D eigenvalue weighted by atomic mass is 10.1. The van der Waals surface area contributed by atoms with Crippen LogP contribution in [0.25, 0.3) is 6.08 Å². The lowest BCUT2D eigenvalue weighted by molar-refractivity contribution is -0.117. The van der Waals surface area contributed by atoms with E-state index in [4.69, 9.17) is 10.00 Å². The van der Waals surface area contributed by atoms with Crippen LogP contribution >= 0.6 is 0 Å². The zero-order valence-corrected chi connectivity index (χ0v) is 15.2. The normalized spacial score (nSPS) is 16.0. The molecule has 0 aromatic heterocycles. The SMILES string of the molecule is N#Cc1ccccc1C=CC(=O)NC(CN1CCOCC1)c1ccccc1. The zero-order valence-electron chi connectivity index (χ0n) is 15.2. The van der Waals surface area contributed by atoms with Crippen molar-refractivity contribution >= 4 is 12.0 Å². The predicted molar refractivity (Wildman–Crippen MR) is 105 cm³/mol. The van der Waals surface area contributed by atoms with Gasteiger partial charge in [0.05, 0.1) is 30.9 Å². The van der Waals surface area contributed by atoms with Crippen LogP contribution in [0.5, 0.6) is 0 Å². The van der Waals surface area contributed by atoms with Crippen molar-refractivity contribution in [3.63, 3.8) is 0 Å². The third-order valence-corrected chi connectivity index (χ3v) is 4.56. The molecule has 1 unspecified atom stereocenters. The van der Waals surface area contributed by atoms with E-state index in [2.05, 4.69) is 16.3 Å². The van der Waals surface area contributed by atoms with Gasteiger partial charge in [0.15, 0.2) is 0 Å². The molecule has 1 N–H and O–H groups in total. The fourth-order valence-electron chi connectivity index (χ4n) is 3.09. The molecule has 1 fully saturated rings. The second kappa shape index (κ2) is 9.67. The minimum Gasteiger partial charge on any atom is -0.379 e. The first-order valence-electron chi connectivity index (χ1n) is 9.09. The number of carbonyl (C=O) groups is 1. The van der Waals surface area contributed by atoms with Gasteiger partial charge in [0.2, 0.25) is 5.91 Å². The quantitative estimate of drug-likeness (QED) is 0.804. The van der Waals surface area contributed by atoms with E-state index in [0.717, 1.165) is 44.0 Å². The van der Waals surface area contributed by atoms with Crippen LogP contribution in [0.15, 0.2) is 60.7 Å². The van der Waals surface area contributed by atoms with Gasteiger partial charge < -0.3 is 10.1 Å². The highest BCUT2D eigenvalue weighted by molar-refractivity contribution is 5.92. The van der Waals surface area contributed by atoms with Crippen LogP contribution in [0.3, 0.4) is 0 Å². The van der Waals surface area contributed by atoms with E-state index in [1.807, 2.05) is 48.5 Å². The summed E-state index contributed by atoms with van der Waals surface area (Å²) in [5.41, 5.74) is 2.36. The molecular formula is C22H23N3O2. The molecule has 0 radical (unpaired) electrons. The Morgan fingerprint density at radius 3 is 2.59 bits per heavy atom. The maximum atomic E-state index is 12.5. The molecule has 2 aromatic carbocycles. The predicted octanol–water partition coefficient (Wildman–Crippen LogP) is 2.76. The summed E-state index contributed by atoms with van der Waals surface area (Å²) < 4.78 is 5.41. The fraction of sp³-hybridized carbons (Fsp3) is 0.273. The number of morpholine rings is 1. The van der Waals surface area contributed by atoms with E-state index >= 15 is 0 Å². The minimum absolute atomic E-state index is 0.104. The van der Waals surface area contributed by atoms with Crippen LogP contribution in [0.4, 0.5) is 0 Å². The first-order chi connectivity index (χ1) is 13.3. The second-order valence-corrected chi connectivity index (χ2v) is 6.42. The van der Waals surface area contributed by atoms with Crippen LogP contribution in [0, 0.1) is 11.3 Å². The molecule has 27 heavy (non-hydrogen) atoms. The van der Waals surface area contributed by atoms with E-state index in [1.54, 1.807) is 12.1 Å². The molecule has 1 aliphatic rings. The number of nitrogens with zero attached hydrogens (tertiary/aromatic N) is 2. The van der Waals surface area contributed by atoms with Crippen LogP contribution in [-0.4, -0.2) is 43.7 Å². The smallest absolute Gasteiger partial charge is 0.244 e. The molecule has 0 spiro atoms. The molecule has 0 bridgehead atoms. The Kier molecular flexibility index (Phi) is 6.75.